The van der Waals surface area contributed by atoms with Crippen molar-refractivity contribution in [2.45, 2.75) is 26.1 Å². The van der Waals surface area contributed by atoms with Gasteiger partial charge in [0.2, 0.25) is 0 Å². The predicted molar refractivity (Wildman–Crippen MR) is 116 cm³/mol. The van der Waals surface area contributed by atoms with E-state index in [2.05, 4.69) is 55.8 Å². The summed E-state index contributed by atoms with van der Waals surface area (Å²) in [5, 5.41) is 1.18. The molecule has 0 saturated heterocycles. The van der Waals surface area contributed by atoms with E-state index in [0.29, 0.717) is 0 Å². The number of aromatic nitrogens is 3. The fourth-order valence-electron chi connectivity index (χ4n) is 3.72. The average Bonchev–Trinajstić information content (AvgIpc) is 3.28. The Morgan fingerprint density at radius 3 is 2.62 bits per heavy atom. The van der Waals surface area contributed by atoms with Gasteiger partial charge in [0.05, 0.1) is 19.0 Å². The summed E-state index contributed by atoms with van der Waals surface area (Å²) in [5.74, 6) is 0.933. The molecular weight excluding hydrogens is 360 g/mol. The van der Waals surface area contributed by atoms with Crippen molar-refractivity contribution >= 4 is 10.9 Å². The number of aryl methyl sites for hydroxylation is 1. The lowest BCUT2D eigenvalue weighted by atomic mass is 10.1. The second-order valence-corrected chi connectivity index (χ2v) is 7.17. The molecule has 5 nitrogen and oxygen atoms in total. The van der Waals surface area contributed by atoms with E-state index in [4.69, 9.17) is 4.74 Å². The van der Waals surface area contributed by atoms with Crippen molar-refractivity contribution in [2.75, 3.05) is 13.7 Å². The van der Waals surface area contributed by atoms with Crippen LogP contribution in [0.4, 0.5) is 0 Å². The number of hydrogen-bond acceptors (Lipinski definition) is 4. The van der Waals surface area contributed by atoms with Crippen LogP contribution in [0, 0.1) is 0 Å². The first-order chi connectivity index (χ1) is 14.3. The number of benzene rings is 2. The highest BCUT2D eigenvalue weighted by Crippen LogP contribution is 2.23. The second-order valence-electron chi connectivity index (χ2n) is 7.17. The molecular formula is C24H26N4O. The zero-order chi connectivity index (χ0) is 19.9. The van der Waals surface area contributed by atoms with E-state index in [1.165, 1.54) is 16.5 Å². The second kappa shape index (κ2) is 9.34. The van der Waals surface area contributed by atoms with Crippen LogP contribution >= 0.6 is 0 Å². The van der Waals surface area contributed by atoms with Gasteiger partial charge in [0, 0.05) is 55.7 Å². The fraction of sp³-hybridized carbons (Fsp3) is 0.250. The maximum absolute atomic E-state index is 5.58. The van der Waals surface area contributed by atoms with Crippen molar-refractivity contribution in [3.63, 3.8) is 0 Å². The number of fused-ring (bicyclic) bond motifs is 1. The third-order valence-electron chi connectivity index (χ3n) is 5.15. The first-order valence-corrected chi connectivity index (χ1v) is 9.96. The predicted octanol–water partition coefficient (Wildman–Crippen LogP) is 4.53. The lowest BCUT2D eigenvalue weighted by molar-refractivity contribution is 0.245. The number of ether oxygens (including phenoxy) is 1. The molecule has 0 spiro atoms. The van der Waals surface area contributed by atoms with E-state index in [9.17, 15) is 0 Å². The van der Waals surface area contributed by atoms with Gasteiger partial charge in [-0.3, -0.25) is 9.88 Å². The van der Waals surface area contributed by atoms with Crippen LogP contribution in [0.3, 0.4) is 0 Å². The maximum Gasteiger partial charge on any atom is 0.123 e. The number of nitrogens with zero attached hydrogens (tertiary/aromatic N) is 4. The van der Waals surface area contributed by atoms with Crippen LogP contribution < -0.4 is 4.74 Å². The smallest absolute Gasteiger partial charge is 0.123 e. The van der Waals surface area contributed by atoms with E-state index in [0.717, 1.165) is 43.9 Å². The highest BCUT2D eigenvalue weighted by atomic mass is 16.5. The number of pyridine rings is 1. The van der Waals surface area contributed by atoms with Gasteiger partial charge in [0.25, 0.3) is 0 Å². The topological polar surface area (TPSA) is 43.2 Å². The first kappa shape index (κ1) is 19.2. The lowest BCUT2D eigenvalue weighted by Crippen LogP contribution is -2.25. The SMILES string of the molecule is COc1ccccc1CN(CCCn1ccnc1)Cc1cccc2cccnc12. The zero-order valence-electron chi connectivity index (χ0n) is 16.7. The molecule has 4 aromatic rings. The molecule has 0 aliphatic rings. The van der Waals surface area contributed by atoms with Crippen LogP contribution in [0.1, 0.15) is 17.5 Å². The van der Waals surface area contributed by atoms with Crippen LogP contribution in [0.15, 0.2) is 79.5 Å². The van der Waals surface area contributed by atoms with Crippen molar-refractivity contribution in [3.05, 3.63) is 90.6 Å². The molecule has 0 atom stereocenters. The van der Waals surface area contributed by atoms with Crippen molar-refractivity contribution < 1.29 is 4.74 Å². The molecule has 0 amide bonds. The molecule has 0 aliphatic heterocycles. The average molecular weight is 386 g/mol. The molecule has 0 unspecified atom stereocenters. The van der Waals surface area contributed by atoms with E-state index < -0.39 is 0 Å². The fourth-order valence-corrected chi connectivity index (χ4v) is 3.72. The molecule has 0 fully saturated rings. The number of imidazole rings is 1. The summed E-state index contributed by atoms with van der Waals surface area (Å²) >= 11 is 0. The third-order valence-corrected chi connectivity index (χ3v) is 5.15. The van der Waals surface area contributed by atoms with Gasteiger partial charge in [-0.1, -0.05) is 42.5 Å². The van der Waals surface area contributed by atoms with E-state index >= 15 is 0 Å². The Kier molecular flexibility index (Phi) is 6.17. The molecule has 0 saturated carbocycles. The van der Waals surface area contributed by atoms with Crippen LogP contribution in [0.25, 0.3) is 10.9 Å². The Balaban J connectivity index is 1.54. The van der Waals surface area contributed by atoms with Crippen molar-refractivity contribution in [2.24, 2.45) is 0 Å². The summed E-state index contributed by atoms with van der Waals surface area (Å²) in [5.41, 5.74) is 3.53. The van der Waals surface area contributed by atoms with Gasteiger partial charge in [0.1, 0.15) is 5.75 Å². The molecule has 2 heterocycles. The molecule has 2 aromatic heterocycles. The Labute approximate surface area is 171 Å². The van der Waals surface area contributed by atoms with Crippen molar-refractivity contribution in [1.82, 2.24) is 19.4 Å². The van der Waals surface area contributed by atoms with Crippen LogP contribution in [0.5, 0.6) is 5.75 Å². The van der Waals surface area contributed by atoms with Crippen molar-refractivity contribution in [1.29, 1.82) is 0 Å². The highest BCUT2D eigenvalue weighted by molar-refractivity contribution is 5.81. The number of para-hydroxylation sites is 2. The molecule has 0 radical (unpaired) electrons. The summed E-state index contributed by atoms with van der Waals surface area (Å²) < 4.78 is 7.70. The number of methoxy groups -OCH3 is 1. The Morgan fingerprint density at radius 1 is 0.931 bits per heavy atom. The van der Waals surface area contributed by atoms with Crippen LogP contribution in [0.2, 0.25) is 0 Å². The monoisotopic (exact) mass is 386 g/mol. The van der Waals surface area contributed by atoms with Gasteiger partial charge in [-0.2, -0.15) is 0 Å². The molecule has 0 N–H and O–H groups in total. The summed E-state index contributed by atoms with van der Waals surface area (Å²) in [6.07, 6.45) is 8.63. The normalized spacial score (nSPS) is 11.2. The summed E-state index contributed by atoms with van der Waals surface area (Å²) in [6.45, 7) is 3.60. The Bertz CT molecular complexity index is 1040. The summed E-state index contributed by atoms with van der Waals surface area (Å²) in [4.78, 5) is 11.2. The minimum Gasteiger partial charge on any atom is -0.496 e. The zero-order valence-corrected chi connectivity index (χ0v) is 16.7. The molecule has 148 valence electrons. The Hall–Kier alpha value is -3.18. The van der Waals surface area contributed by atoms with E-state index in [-0.39, 0.29) is 0 Å². The first-order valence-electron chi connectivity index (χ1n) is 9.96. The minimum atomic E-state index is 0.831. The highest BCUT2D eigenvalue weighted by Gasteiger charge is 2.12. The number of hydrogen-bond donors (Lipinski definition) is 0. The molecule has 5 heteroatoms. The van der Waals surface area contributed by atoms with Gasteiger partial charge in [-0.05, 0) is 24.1 Å². The molecule has 0 aliphatic carbocycles. The summed E-state index contributed by atoms with van der Waals surface area (Å²) in [6, 6.07) is 18.8. The third kappa shape index (κ3) is 4.81. The van der Waals surface area contributed by atoms with Gasteiger partial charge in [0.15, 0.2) is 0 Å². The Morgan fingerprint density at radius 2 is 1.76 bits per heavy atom. The van der Waals surface area contributed by atoms with Gasteiger partial charge < -0.3 is 9.30 Å². The van der Waals surface area contributed by atoms with E-state index in [1.54, 1.807) is 7.11 Å². The van der Waals surface area contributed by atoms with Crippen LogP contribution in [-0.4, -0.2) is 33.1 Å². The molecule has 4 rings (SSSR count). The standard InChI is InChI=1S/C24H26N4O/c1-29-23-11-3-2-7-21(23)17-28(15-6-14-27-16-13-25-19-27)18-22-9-4-8-20-10-5-12-26-24(20)22/h2-5,7-13,16,19H,6,14-15,17-18H2,1H3. The quantitative estimate of drug-likeness (QED) is 0.424. The van der Waals surface area contributed by atoms with Gasteiger partial charge in [-0.25, -0.2) is 4.98 Å². The number of rotatable bonds is 9. The molecule has 0 bridgehead atoms. The molecule has 2 aromatic carbocycles. The van der Waals surface area contributed by atoms with Crippen LogP contribution in [-0.2, 0) is 19.6 Å². The lowest BCUT2D eigenvalue weighted by Gasteiger charge is -2.24. The molecule has 29 heavy (non-hydrogen) atoms. The largest absolute Gasteiger partial charge is 0.496 e. The van der Waals surface area contributed by atoms with Gasteiger partial charge in [-0.15, -0.1) is 0 Å². The van der Waals surface area contributed by atoms with Crippen molar-refractivity contribution in [3.8, 4) is 5.75 Å². The maximum atomic E-state index is 5.58. The minimum absolute atomic E-state index is 0.831. The van der Waals surface area contributed by atoms with Gasteiger partial charge >= 0.3 is 0 Å². The van der Waals surface area contributed by atoms with E-state index in [1.807, 2.05) is 43.1 Å². The summed E-state index contributed by atoms with van der Waals surface area (Å²) in [7, 11) is 1.73.